The second-order valence-corrected chi connectivity index (χ2v) is 12.1. The number of ether oxygens (including phenoxy) is 1. The molecule has 3 aromatic carbocycles. The van der Waals surface area contributed by atoms with Crippen LogP contribution in [0.1, 0.15) is 61.6 Å². The Labute approximate surface area is 229 Å². The first-order valence-electron chi connectivity index (χ1n) is 14.2. The fourth-order valence-electron chi connectivity index (χ4n) is 8.26. The van der Waals surface area contributed by atoms with Crippen molar-refractivity contribution in [1.82, 2.24) is 0 Å². The largest absolute Gasteiger partial charge is 0.508 e. The van der Waals surface area contributed by atoms with Gasteiger partial charge in [0.15, 0.2) is 0 Å². The lowest BCUT2D eigenvalue weighted by molar-refractivity contribution is -0.132. The number of esters is 1. The van der Waals surface area contributed by atoms with Gasteiger partial charge in [0.05, 0.1) is 5.60 Å². The molecule has 2 fully saturated rings. The van der Waals surface area contributed by atoms with E-state index in [1.807, 2.05) is 48.5 Å². The zero-order chi connectivity index (χ0) is 26.8. The summed E-state index contributed by atoms with van der Waals surface area (Å²) >= 11 is 0. The van der Waals surface area contributed by atoms with Crippen LogP contribution in [0.4, 0.5) is 0 Å². The lowest BCUT2D eigenvalue weighted by Gasteiger charge is -2.52. The molecule has 5 atom stereocenters. The number of hydrogen-bond donors (Lipinski definition) is 2. The summed E-state index contributed by atoms with van der Waals surface area (Å²) < 4.78 is 5.71. The lowest BCUT2D eigenvalue weighted by Crippen LogP contribution is -2.50. The van der Waals surface area contributed by atoms with Gasteiger partial charge in [-0.2, -0.15) is 0 Å². The smallest absolute Gasteiger partial charge is 0.336 e. The van der Waals surface area contributed by atoms with Crippen molar-refractivity contribution in [3.63, 3.8) is 0 Å². The number of rotatable bonds is 3. The number of aromatic hydroxyl groups is 1. The van der Waals surface area contributed by atoms with E-state index in [-0.39, 0.29) is 11.4 Å². The van der Waals surface area contributed by atoms with Crippen LogP contribution in [0.3, 0.4) is 0 Å². The average Bonchev–Trinajstić information content (AvgIpc) is 3.44. The summed E-state index contributed by atoms with van der Waals surface area (Å²) in [4.78, 5) is 12.5. The van der Waals surface area contributed by atoms with Gasteiger partial charge in [0, 0.05) is 17.1 Å². The molecule has 3 aliphatic carbocycles. The van der Waals surface area contributed by atoms with E-state index in [0.29, 0.717) is 35.7 Å². The summed E-state index contributed by atoms with van der Waals surface area (Å²) in [6, 6.07) is 24.3. The minimum absolute atomic E-state index is 0.285. The van der Waals surface area contributed by atoms with Crippen LogP contribution in [0, 0.1) is 17.3 Å². The first-order chi connectivity index (χ1) is 18.8. The number of cyclic esters (lactones) is 1. The number of allylic oxidation sites excluding steroid dienone is 1. The van der Waals surface area contributed by atoms with Gasteiger partial charge in [0.25, 0.3) is 0 Å². The molecule has 0 saturated heterocycles. The van der Waals surface area contributed by atoms with E-state index in [1.165, 1.54) is 11.1 Å². The van der Waals surface area contributed by atoms with E-state index in [1.54, 1.807) is 6.08 Å². The minimum atomic E-state index is -1.04. The second-order valence-electron chi connectivity index (χ2n) is 12.1. The Kier molecular flexibility index (Phi) is 5.61. The third-order valence-electron chi connectivity index (χ3n) is 10.3. The maximum Gasteiger partial charge on any atom is 0.336 e. The molecular formula is C35H34O4. The Morgan fingerprint density at radius 2 is 1.64 bits per heavy atom. The number of aryl methyl sites for hydroxylation is 1. The maximum absolute atomic E-state index is 12.5. The molecule has 1 heterocycles. The fourth-order valence-corrected chi connectivity index (χ4v) is 8.26. The molecule has 3 aromatic rings. The average molecular weight is 519 g/mol. The molecule has 0 unspecified atom stereocenters. The molecule has 0 radical (unpaired) electrons. The highest BCUT2D eigenvalue weighted by atomic mass is 16.5. The highest BCUT2D eigenvalue weighted by Crippen LogP contribution is 2.65. The van der Waals surface area contributed by atoms with E-state index in [2.05, 4.69) is 37.3 Å². The third kappa shape index (κ3) is 3.88. The number of phenols is 1. The molecule has 2 saturated carbocycles. The molecule has 0 spiro atoms. The van der Waals surface area contributed by atoms with Gasteiger partial charge in [-0.1, -0.05) is 67.6 Å². The Hall–Kier alpha value is -3.63. The van der Waals surface area contributed by atoms with Gasteiger partial charge < -0.3 is 14.9 Å². The topological polar surface area (TPSA) is 66.8 Å². The van der Waals surface area contributed by atoms with Gasteiger partial charge >= 0.3 is 5.97 Å². The molecule has 4 nitrogen and oxygen atoms in total. The Morgan fingerprint density at radius 3 is 2.44 bits per heavy atom. The summed E-state index contributed by atoms with van der Waals surface area (Å²) in [5.41, 5.74) is 5.24. The van der Waals surface area contributed by atoms with Gasteiger partial charge in [-0.15, -0.1) is 0 Å². The number of carbonyl (C=O) groups excluding carboxylic acids is 1. The standard InChI is InChI=1S/C35H34O4/c1-34-17-15-28-27-14-12-26(36)19-25(27)11-13-29(28)31(34)16-18-35(34,38)21-32-30(20-33(37)39-32)24-9-7-23(8-10-24)22-5-3-2-4-6-22/h2-10,12,14,19-21,28-29,31,36,38H,11,13,15-18H2,1H3/b32-21-/t28-,29-,31+,34-,35+/m0/s1. The molecule has 0 amide bonds. The highest BCUT2D eigenvalue weighted by Gasteiger charge is 2.61. The molecule has 4 aliphatic rings. The van der Waals surface area contributed by atoms with Crippen LogP contribution in [0.5, 0.6) is 5.75 Å². The normalized spacial score (nSPS) is 32.3. The van der Waals surface area contributed by atoms with E-state index in [4.69, 9.17) is 4.74 Å². The minimum Gasteiger partial charge on any atom is -0.508 e. The molecule has 39 heavy (non-hydrogen) atoms. The van der Waals surface area contributed by atoms with Crippen molar-refractivity contribution < 1.29 is 19.7 Å². The van der Waals surface area contributed by atoms with Crippen molar-refractivity contribution in [1.29, 1.82) is 0 Å². The Morgan fingerprint density at radius 1 is 0.897 bits per heavy atom. The zero-order valence-corrected chi connectivity index (χ0v) is 22.3. The van der Waals surface area contributed by atoms with E-state index >= 15 is 0 Å². The van der Waals surface area contributed by atoms with Crippen molar-refractivity contribution >= 4 is 11.5 Å². The molecule has 1 aliphatic heterocycles. The third-order valence-corrected chi connectivity index (χ3v) is 10.3. The van der Waals surface area contributed by atoms with Gasteiger partial charge in [0.1, 0.15) is 11.5 Å². The number of phenolic OH excluding ortho intramolecular Hbond substituents is 1. The van der Waals surface area contributed by atoms with E-state index in [9.17, 15) is 15.0 Å². The summed E-state index contributed by atoms with van der Waals surface area (Å²) in [5.74, 6) is 1.82. The summed E-state index contributed by atoms with van der Waals surface area (Å²) in [5, 5.41) is 22.2. The van der Waals surface area contributed by atoms with Crippen LogP contribution < -0.4 is 0 Å². The molecule has 0 aromatic heterocycles. The Bertz CT molecular complexity index is 1500. The van der Waals surface area contributed by atoms with Crippen LogP contribution in [-0.2, 0) is 16.0 Å². The van der Waals surface area contributed by atoms with Crippen LogP contribution in [0.2, 0.25) is 0 Å². The summed E-state index contributed by atoms with van der Waals surface area (Å²) in [6.07, 6.45) is 9.03. The molecule has 198 valence electrons. The van der Waals surface area contributed by atoms with Crippen LogP contribution >= 0.6 is 0 Å². The van der Waals surface area contributed by atoms with Crippen molar-refractivity contribution in [2.24, 2.45) is 17.3 Å². The lowest BCUT2D eigenvalue weighted by atomic mass is 9.53. The van der Waals surface area contributed by atoms with Crippen molar-refractivity contribution in [3.8, 4) is 16.9 Å². The predicted molar refractivity (Wildman–Crippen MR) is 152 cm³/mol. The predicted octanol–water partition coefficient (Wildman–Crippen LogP) is 7.17. The van der Waals surface area contributed by atoms with Gasteiger partial charge in [-0.25, -0.2) is 4.79 Å². The molecule has 2 N–H and O–H groups in total. The van der Waals surface area contributed by atoms with Crippen LogP contribution in [-0.4, -0.2) is 21.8 Å². The number of carbonyl (C=O) groups is 1. The maximum atomic E-state index is 12.5. The van der Waals surface area contributed by atoms with Gasteiger partial charge in [-0.3, -0.25) is 0 Å². The first-order valence-corrected chi connectivity index (χ1v) is 14.2. The molecular weight excluding hydrogens is 484 g/mol. The van der Waals surface area contributed by atoms with E-state index in [0.717, 1.165) is 54.4 Å². The number of hydrogen-bond acceptors (Lipinski definition) is 4. The highest BCUT2D eigenvalue weighted by molar-refractivity contribution is 6.02. The summed E-state index contributed by atoms with van der Waals surface area (Å²) in [7, 11) is 0. The van der Waals surface area contributed by atoms with Crippen LogP contribution in [0.25, 0.3) is 16.7 Å². The molecule has 4 heteroatoms. The first kappa shape index (κ1) is 24.4. The SMILES string of the molecule is C[C@]12CC[C@H]3c4ccc(O)cc4CC[C@@H]3[C@H]1CC[C@@]2(O)/C=C1\OC(=O)C=C1c1ccc(-c2ccccc2)cc1. The van der Waals surface area contributed by atoms with Gasteiger partial charge in [-0.05, 0) is 102 Å². The number of benzene rings is 3. The van der Waals surface area contributed by atoms with Crippen molar-refractivity contribution in [2.75, 3.05) is 0 Å². The molecule has 0 bridgehead atoms. The molecule has 7 rings (SSSR count). The number of aliphatic hydroxyl groups is 1. The quantitative estimate of drug-likeness (QED) is 0.361. The van der Waals surface area contributed by atoms with Gasteiger partial charge in [0.2, 0.25) is 0 Å². The van der Waals surface area contributed by atoms with Crippen molar-refractivity contribution in [2.45, 2.75) is 57.0 Å². The second kappa shape index (κ2) is 8.96. The van der Waals surface area contributed by atoms with Crippen molar-refractivity contribution in [3.05, 3.63) is 107 Å². The Balaban J connectivity index is 1.18. The fraction of sp³-hybridized carbons (Fsp3) is 0.343. The van der Waals surface area contributed by atoms with E-state index < -0.39 is 5.60 Å². The van der Waals surface area contributed by atoms with Crippen LogP contribution in [0.15, 0.2) is 90.7 Å². The zero-order valence-electron chi connectivity index (χ0n) is 22.3. The monoisotopic (exact) mass is 518 g/mol. The summed E-state index contributed by atoms with van der Waals surface area (Å²) in [6.45, 7) is 2.25. The number of fused-ring (bicyclic) bond motifs is 5.